The Labute approximate surface area is 165 Å². The summed E-state index contributed by atoms with van der Waals surface area (Å²) in [5.74, 6) is 1.96. The van der Waals surface area contributed by atoms with Gasteiger partial charge in [0.1, 0.15) is 17.7 Å². The maximum Gasteiger partial charge on any atom is 0.147 e. The Morgan fingerprint density at radius 3 is 2.79 bits per heavy atom. The standard InChI is InChI=1S/C22H26N4O2/c1-16-13-23-14-22(24-16)25-9-5-18(6-10-25)28-21-4-2-3-20-19(21)7-11-26(20)17-8-12-27-15-17/h2-4,7,11,13-14,17-18H,5-6,8-10,12,15H2,1H3. The molecule has 2 saturated heterocycles. The van der Waals surface area contributed by atoms with Gasteiger partial charge in [-0.2, -0.15) is 0 Å². The molecule has 1 aromatic carbocycles. The van der Waals surface area contributed by atoms with Crippen LogP contribution in [0.15, 0.2) is 42.9 Å². The molecule has 0 spiro atoms. The molecule has 146 valence electrons. The number of benzene rings is 1. The minimum atomic E-state index is 0.234. The topological polar surface area (TPSA) is 52.4 Å². The van der Waals surface area contributed by atoms with Crippen LogP contribution in [0.2, 0.25) is 0 Å². The van der Waals surface area contributed by atoms with Crippen molar-refractivity contribution in [2.24, 2.45) is 0 Å². The van der Waals surface area contributed by atoms with E-state index < -0.39 is 0 Å². The van der Waals surface area contributed by atoms with Gasteiger partial charge in [-0.05, 0) is 31.5 Å². The van der Waals surface area contributed by atoms with Crippen LogP contribution in [0, 0.1) is 6.92 Å². The number of piperidine rings is 1. The number of rotatable bonds is 4. The Morgan fingerprint density at radius 1 is 1.11 bits per heavy atom. The van der Waals surface area contributed by atoms with Crippen LogP contribution in [0.3, 0.4) is 0 Å². The number of hydrogen-bond acceptors (Lipinski definition) is 5. The minimum absolute atomic E-state index is 0.234. The highest BCUT2D eigenvalue weighted by molar-refractivity contribution is 5.86. The molecule has 2 aliphatic heterocycles. The molecule has 0 bridgehead atoms. The smallest absolute Gasteiger partial charge is 0.147 e. The van der Waals surface area contributed by atoms with E-state index in [0.717, 1.165) is 62.8 Å². The van der Waals surface area contributed by atoms with Gasteiger partial charge in [-0.25, -0.2) is 4.98 Å². The summed E-state index contributed by atoms with van der Waals surface area (Å²) < 4.78 is 14.4. The number of anilines is 1. The van der Waals surface area contributed by atoms with Gasteiger partial charge in [0.25, 0.3) is 0 Å². The molecule has 0 aliphatic carbocycles. The Hall–Kier alpha value is -2.60. The van der Waals surface area contributed by atoms with E-state index in [1.807, 2.05) is 13.1 Å². The molecule has 0 N–H and O–H groups in total. The third-order valence-electron chi connectivity index (χ3n) is 5.82. The summed E-state index contributed by atoms with van der Waals surface area (Å²) >= 11 is 0. The molecule has 6 nitrogen and oxygen atoms in total. The Kier molecular flexibility index (Phi) is 4.64. The van der Waals surface area contributed by atoms with E-state index in [1.165, 1.54) is 10.9 Å². The second kappa shape index (κ2) is 7.43. The van der Waals surface area contributed by atoms with Gasteiger partial charge >= 0.3 is 0 Å². The minimum Gasteiger partial charge on any atom is -0.490 e. The van der Waals surface area contributed by atoms with Crippen molar-refractivity contribution in [2.45, 2.75) is 38.3 Å². The van der Waals surface area contributed by atoms with Crippen molar-refractivity contribution in [1.29, 1.82) is 0 Å². The fourth-order valence-electron chi connectivity index (χ4n) is 4.31. The normalized spacial score (nSPS) is 20.8. The molecular weight excluding hydrogens is 352 g/mol. The van der Waals surface area contributed by atoms with Gasteiger partial charge < -0.3 is 18.9 Å². The van der Waals surface area contributed by atoms with E-state index in [-0.39, 0.29) is 6.10 Å². The van der Waals surface area contributed by atoms with Crippen molar-refractivity contribution in [3.8, 4) is 5.75 Å². The molecule has 1 atom stereocenters. The molecule has 1 unspecified atom stereocenters. The van der Waals surface area contributed by atoms with Crippen LogP contribution in [0.25, 0.3) is 10.9 Å². The zero-order valence-electron chi connectivity index (χ0n) is 16.3. The summed E-state index contributed by atoms with van der Waals surface area (Å²) in [6.07, 6.45) is 9.11. The summed E-state index contributed by atoms with van der Waals surface area (Å²) in [6.45, 7) is 5.52. The maximum absolute atomic E-state index is 6.45. The lowest BCUT2D eigenvalue weighted by molar-refractivity contribution is 0.173. The number of aromatic nitrogens is 3. The monoisotopic (exact) mass is 378 g/mol. The number of nitrogens with zero attached hydrogens (tertiary/aromatic N) is 4. The lowest BCUT2D eigenvalue weighted by Crippen LogP contribution is -2.38. The van der Waals surface area contributed by atoms with Crippen LogP contribution in [-0.4, -0.2) is 46.9 Å². The summed E-state index contributed by atoms with van der Waals surface area (Å²) in [6, 6.07) is 8.99. The fraction of sp³-hybridized carbons (Fsp3) is 0.455. The second-order valence-electron chi connectivity index (χ2n) is 7.75. The summed E-state index contributed by atoms with van der Waals surface area (Å²) in [7, 11) is 0. The van der Waals surface area contributed by atoms with Crippen molar-refractivity contribution in [3.63, 3.8) is 0 Å². The van der Waals surface area contributed by atoms with E-state index >= 15 is 0 Å². The van der Waals surface area contributed by atoms with Crippen molar-refractivity contribution in [1.82, 2.24) is 14.5 Å². The van der Waals surface area contributed by atoms with Gasteiger partial charge in [0.15, 0.2) is 0 Å². The molecule has 4 heterocycles. The summed E-state index contributed by atoms with van der Waals surface area (Å²) in [5, 5.41) is 1.20. The number of hydrogen-bond donors (Lipinski definition) is 0. The highest BCUT2D eigenvalue weighted by atomic mass is 16.5. The Morgan fingerprint density at radius 2 is 2.00 bits per heavy atom. The largest absolute Gasteiger partial charge is 0.490 e. The zero-order valence-corrected chi connectivity index (χ0v) is 16.3. The van der Waals surface area contributed by atoms with Crippen LogP contribution in [0.4, 0.5) is 5.82 Å². The highest BCUT2D eigenvalue weighted by Crippen LogP contribution is 2.32. The van der Waals surface area contributed by atoms with Crippen LogP contribution in [0.1, 0.15) is 31.0 Å². The molecule has 2 fully saturated rings. The third-order valence-corrected chi connectivity index (χ3v) is 5.82. The second-order valence-corrected chi connectivity index (χ2v) is 7.75. The molecule has 5 rings (SSSR count). The van der Waals surface area contributed by atoms with E-state index in [2.05, 4.69) is 49.9 Å². The number of fused-ring (bicyclic) bond motifs is 1. The van der Waals surface area contributed by atoms with Crippen LogP contribution in [-0.2, 0) is 4.74 Å². The average Bonchev–Trinajstić information content (AvgIpc) is 3.38. The molecule has 2 aliphatic rings. The quantitative estimate of drug-likeness (QED) is 0.692. The fourth-order valence-corrected chi connectivity index (χ4v) is 4.31. The lowest BCUT2D eigenvalue weighted by Gasteiger charge is -2.33. The molecule has 3 aromatic rings. The predicted octanol–water partition coefficient (Wildman–Crippen LogP) is 3.75. The van der Waals surface area contributed by atoms with E-state index in [0.29, 0.717) is 6.04 Å². The van der Waals surface area contributed by atoms with Crippen molar-refractivity contribution < 1.29 is 9.47 Å². The molecule has 0 saturated carbocycles. The number of aryl methyl sites for hydroxylation is 1. The van der Waals surface area contributed by atoms with Crippen LogP contribution < -0.4 is 9.64 Å². The maximum atomic E-state index is 6.45. The molecule has 6 heteroatoms. The van der Waals surface area contributed by atoms with E-state index in [1.54, 1.807) is 6.20 Å². The summed E-state index contributed by atoms with van der Waals surface area (Å²) in [5.41, 5.74) is 2.19. The molecule has 0 amide bonds. The molecule has 2 aromatic heterocycles. The van der Waals surface area contributed by atoms with Gasteiger partial charge in [0.2, 0.25) is 0 Å². The van der Waals surface area contributed by atoms with Gasteiger partial charge in [0, 0.05) is 50.3 Å². The molecule has 28 heavy (non-hydrogen) atoms. The summed E-state index contributed by atoms with van der Waals surface area (Å²) in [4.78, 5) is 11.2. The SMILES string of the molecule is Cc1cncc(N2CCC(Oc3cccc4c3ccn4C3CCOC3)CC2)n1. The van der Waals surface area contributed by atoms with Gasteiger partial charge in [-0.1, -0.05) is 6.07 Å². The average molecular weight is 378 g/mol. The first-order valence-electron chi connectivity index (χ1n) is 10.2. The first-order valence-corrected chi connectivity index (χ1v) is 10.2. The first-order chi connectivity index (χ1) is 13.8. The predicted molar refractivity (Wildman–Crippen MR) is 109 cm³/mol. The van der Waals surface area contributed by atoms with Crippen molar-refractivity contribution >= 4 is 16.7 Å². The van der Waals surface area contributed by atoms with Gasteiger partial charge in [0.05, 0.1) is 30.1 Å². The first kappa shape index (κ1) is 17.5. The lowest BCUT2D eigenvalue weighted by atomic mass is 10.1. The highest BCUT2D eigenvalue weighted by Gasteiger charge is 2.23. The van der Waals surface area contributed by atoms with E-state index in [4.69, 9.17) is 9.47 Å². The van der Waals surface area contributed by atoms with Crippen molar-refractivity contribution in [3.05, 3.63) is 48.5 Å². The number of ether oxygens (including phenoxy) is 2. The zero-order chi connectivity index (χ0) is 18.9. The molecular formula is C22H26N4O2. The van der Waals surface area contributed by atoms with Crippen molar-refractivity contribution in [2.75, 3.05) is 31.2 Å². The van der Waals surface area contributed by atoms with E-state index in [9.17, 15) is 0 Å². The Bertz CT molecular complexity index is 956. The third kappa shape index (κ3) is 3.33. The van der Waals surface area contributed by atoms with Crippen LogP contribution >= 0.6 is 0 Å². The van der Waals surface area contributed by atoms with Gasteiger partial charge in [-0.3, -0.25) is 4.98 Å². The van der Waals surface area contributed by atoms with Gasteiger partial charge in [-0.15, -0.1) is 0 Å². The van der Waals surface area contributed by atoms with Crippen LogP contribution in [0.5, 0.6) is 5.75 Å². The molecule has 0 radical (unpaired) electrons. The Balaban J connectivity index is 1.29.